The van der Waals surface area contributed by atoms with Gasteiger partial charge in [-0.1, -0.05) is 26.0 Å². The third kappa shape index (κ3) is 2.54. The molecule has 1 unspecified atom stereocenters. The van der Waals surface area contributed by atoms with Crippen molar-refractivity contribution >= 4 is 26.3 Å². The lowest BCUT2D eigenvalue weighted by Gasteiger charge is -2.03. The number of nitrogens with zero attached hydrogens (tertiary/aromatic N) is 2. The van der Waals surface area contributed by atoms with Gasteiger partial charge in [-0.2, -0.15) is 4.98 Å². The summed E-state index contributed by atoms with van der Waals surface area (Å²) in [5.41, 5.74) is 6.27. The van der Waals surface area contributed by atoms with Gasteiger partial charge in [0, 0.05) is 0 Å². The zero-order valence-corrected chi connectivity index (χ0v) is 9.92. The first-order valence-electron chi connectivity index (χ1n) is 4.70. The van der Waals surface area contributed by atoms with Gasteiger partial charge in [-0.15, -0.1) is 0 Å². The highest BCUT2D eigenvalue weighted by Crippen LogP contribution is 2.23. The summed E-state index contributed by atoms with van der Waals surface area (Å²) in [7, 11) is 2.14. The standard InChI is InChI=1S/C8H8N3OP.C2H6/c9-8-10-6-4-2-1-3-5(6)7(11-8)12-13;1-2/h1-4H,13H2,(H2,9,10,11);1-2H3. The van der Waals surface area contributed by atoms with E-state index in [1.54, 1.807) is 0 Å². The van der Waals surface area contributed by atoms with Crippen molar-refractivity contribution in [1.29, 1.82) is 0 Å². The summed E-state index contributed by atoms with van der Waals surface area (Å²) in [5.74, 6) is 0.698. The van der Waals surface area contributed by atoms with Gasteiger partial charge in [0.05, 0.1) is 20.4 Å². The smallest absolute Gasteiger partial charge is 0.228 e. The van der Waals surface area contributed by atoms with Crippen molar-refractivity contribution < 1.29 is 4.52 Å². The molecule has 1 heterocycles. The highest BCUT2D eigenvalue weighted by atomic mass is 31.0. The van der Waals surface area contributed by atoms with E-state index in [0.29, 0.717) is 5.88 Å². The van der Waals surface area contributed by atoms with Crippen molar-refractivity contribution in [3.05, 3.63) is 24.3 Å². The average Bonchev–Trinajstić information content (AvgIpc) is 2.30. The quantitative estimate of drug-likeness (QED) is 0.754. The van der Waals surface area contributed by atoms with Gasteiger partial charge in [0.1, 0.15) is 0 Å². The molecule has 2 rings (SSSR count). The van der Waals surface area contributed by atoms with E-state index in [4.69, 9.17) is 10.3 Å². The first-order chi connectivity index (χ1) is 7.31. The number of aromatic nitrogens is 2. The Balaban J connectivity index is 0.000000531. The fourth-order valence-electron chi connectivity index (χ4n) is 1.15. The van der Waals surface area contributed by atoms with Gasteiger partial charge in [0.2, 0.25) is 11.8 Å². The molecule has 2 N–H and O–H groups in total. The molecule has 1 atom stereocenters. The number of benzene rings is 1. The van der Waals surface area contributed by atoms with E-state index < -0.39 is 0 Å². The lowest BCUT2D eigenvalue weighted by atomic mass is 10.2. The number of nitrogens with two attached hydrogens (primary N) is 1. The molecule has 0 aliphatic rings. The summed E-state index contributed by atoms with van der Waals surface area (Å²) in [5, 5.41) is 0.853. The molecule has 0 fully saturated rings. The first kappa shape index (κ1) is 11.7. The zero-order valence-electron chi connectivity index (χ0n) is 8.77. The third-order valence-corrected chi connectivity index (χ3v) is 1.92. The maximum absolute atomic E-state index is 5.49. The lowest BCUT2D eigenvalue weighted by Crippen LogP contribution is -1.96. The van der Waals surface area contributed by atoms with Gasteiger partial charge < -0.3 is 10.3 Å². The Morgan fingerprint density at radius 2 is 1.87 bits per heavy atom. The van der Waals surface area contributed by atoms with Crippen molar-refractivity contribution in [1.82, 2.24) is 9.97 Å². The largest absolute Gasteiger partial charge is 0.463 e. The van der Waals surface area contributed by atoms with E-state index in [1.807, 2.05) is 38.1 Å². The highest BCUT2D eigenvalue weighted by Gasteiger charge is 2.04. The van der Waals surface area contributed by atoms with Gasteiger partial charge in [-0.05, 0) is 12.1 Å². The van der Waals surface area contributed by atoms with Crippen LogP contribution in [-0.4, -0.2) is 9.97 Å². The Bertz CT molecular complexity index is 448. The Morgan fingerprint density at radius 3 is 2.53 bits per heavy atom. The molecule has 0 amide bonds. The van der Waals surface area contributed by atoms with Gasteiger partial charge in [0.15, 0.2) is 0 Å². The number of nitrogen functional groups attached to an aromatic ring is 1. The summed E-state index contributed by atoms with van der Waals surface area (Å²) >= 11 is 0. The number of hydrogen-bond acceptors (Lipinski definition) is 4. The minimum Gasteiger partial charge on any atom is -0.463 e. The molecule has 0 aliphatic carbocycles. The van der Waals surface area contributed by atoms with Crippen molar-refractivity contribution in [3.8, 4) is 5.88 Å². The first-order valence-corrected chi connectivity index (χ1v) is 5.17. The molecule has 0 bridgehead atoms. The van der Waals surface area contributed by atoms with Crippen LogP contribution < -0.4 is 10.3 Å². The molecule has 80 valence electrons. The normalized spacial score (nSPS) is 9.27. The molecule has 0 aliphatic heterocycles. The van der Waals surface area contributed by atoms with E-state index in [2.05, 4.69) is 19.4 Å². The van der Waals surface area contributed by atoms with Crippen LogP contribution in [0.3, 0.4) is 0 Å². The minimum atomic E-state index is 0.219. The predicted octanol–water partition coefficient (Wildman–Crippen LogP) is 2.41. The molecule has 2 aromatic rings. The Hall–Kier alpha value is -1.41. The number of hydrogen-bond donors (Lipinski definition) is 1. The Kier molecular flexibility index (Phi) is 4.25. The summed E-state index contributed by atoms with van der Waals surface area (Å²) in [4.78, 5) is 8.01. The molecular formula is C10H14N3OP. The SMILES string of the molecule is CC.Nc1nc(OP)c2ccccc2n1. The van der Waals surface area contributed by atoms with Crippen molar-refractivity contribution in [2.75, 3.05) is 5.73 Å². The maximum atomic E-state index is 5.49. The highest BCUT2D eigenvalue weighted by molar-refractivity contribution is 7.10. The number of para-hydroxylation sites is 1. The maximum Gasteiger partial charge on any atom is 0.228 e. The van der Waals surface area contributed by atoms with E-state index in [1.165, 1.54) is 0 Å². The molecule has 15 heavy (non-hydrogen) atoms. The average molecular weight is 223 g/mol. The van der Waals surface area contributed by atoms with Crippen LogP contribution in [0.4, 0.5) is 5.95 Å². The molecule has 0 saturated heterocycles. The van der Waals surface area contributed by atoms with Crippen LogP contribution in [0.1, 0.15) is 13.8 Å². The molecule has 5 heteroatoms. The van der Waals surface area contributed by atoms with Crippen LogP contribution in [0.15, 0.2) is 24.3 Å². The van der Waals surface area contributed by atoms with Crippen molar-refractivity contribution in [2.45, 2.75) is 13.8 Å². The van der Waals surface area contributed by atoms with Crippen LogP contribution >= 0.6 is 9.47 Å². The minimum absolute atomic E-state index is 0.219. The predicted molar refractivity (Wildman–Crippen MR) is 65.6 cm³/mol. The van der Waals surface area contributed by atoms with Crippen LogP contribution in [0.5, 0.6) is 5.88 Å². The van der Waals surface area contributed by atoms with E-state index in [9.17, 15) is 0 Å². The summed E-state index contributed by atoms with van der Waals surface area (Å²) in [6.45, 7) is 4.00. The Labute approximate surface area is 91.2 Å². The van der Waals surface area contributed by atoms with Gasteiger partial charge in [-0.25, -0.2) is 4.98 Å². The molecular weight excluding hydrogens is 209 g/mol. The second kappa shape index (κ2) is 5.47. The number of rotatable bonds is 1. The van der Waals surface area contributed by atoms with Gasteiger partial charge in [-0.3, -0.25) is 0 Å². The van der Waals surface area contributed by atoms with E-state index in [0.717, 1.165) is 10.9 Å². The van der Waals surface area contributed by atoms with Gasteiger partial charge >= 0.3 is 0 Å². The number of fused-ring (bicyclic) bond motifs is 1. The zero-order chi connectivity index (χ0) is 11.3. The van der Waals surface area contributed by atoms with Crippen molar-refractivity contribution in [2.24, 2.45) is 0 Å². The van der Waals surface area contributed by atoms with Crippen LogP contribution in [0.2, 0.25) is 0 Å². The second-order valence-electron chi connectivity index (χ2n) is 2.52. The van der Waals surface area contributed by atoms with Crippen LogP contribution in [-0.2, 0) is 0 Å². The van der Waals surface area contributed by atoms with Crippen molar-refractivity contribution in [3.63, 3.8) is 0 Å². The lowest BCUT2D eigenvalue weighted by molar-refractivity contribution is 0.624. The summed E-state index contributed by atoms with van der Waals surface area (Å²) in [6.07, 6.45) is 0. The van der Waals surface area contributed by atoms with E-state index in [-0.39, 0.29) is 5.95 Å². The fourth-order valence-corrected chi connectivity index (χ4v) is 1.33. The van der Waals surface area contributed by atoms with E-state index >= 15 is 0 Å². The topological polar surface area (TPSA) is 61.0 Å². The molecule has 0 radical (unpaired) electrons. The van der Waals surface area contributed by atoms with Gasteiger partial charge in [0.25, 0.3) is 0 Å². The number of anilines is 1. The molecule has 0 spiro atoms. The molecule has 4 nitrogen and oxygen atoms in total. The Morgan fingerprint density at radius 1 is 1.20 bits per heavy atom. The fraction of sp³-hybridized carbons (Fsp3) is 0.200. The molecule has 0 saturated carbocycles. The third-order valence-electron chi connectivity index (χ3n) is 1.70. The van der Waals surface area contributed by atoms with Crippen LogP contribution in [0.25, 0.3) is 10.9 Å². The summed E-state index contributed by atoms with van der Waals surface area (Å²) in [6, 6.07) is 7.53. The second-order valence-corrected chi connectivity index (χ2v) is 2.76. The summed E-state index contributed by atoms with van der Waals surface area (Å²) < 4.78 is 4.99. The molecule has 1 aromatic carbocycles. The molecule has 1 aromatic heterocycles. The van der Waals surface area contributed by atoms with Crippen LogP contribution in [0, 0.1) is 0 Å². The monoisotopic (exact) mass is 223 g/mol.